The van der Waals surface area contributed by atoms with Crippen LogP contribution >= 0.6 is 22.7 Å². The maximum Gasteiger partial charge on any atom is 0.313 e. The second-order valence-electron chi connectivity index (χ2n) is 4.95. The van der Waals surface area contributed by atoms with Crippen molar-refractivity contribution in [3.8, 4) is 0 Å². The fourth-order valence-electron chi connectivity index (χ4n) is 2.00. The van der Waals surface area contributed by atoms with E-state index in [0.717, 1.165) is 4.88 Å². The van der Waals surface area contributed by atoms with Crippen molar-refractivity contribution >= 4 is 46.0 Å². The van der Waals surface area contributed by atoms with E-state index in [2.05, 4.69) is 15.6 Å². The Labute approximate surface area is 151 Å². The molecule has 0 atom stereocenters. The first-order valence-corrected chi connectivity index (χ1v) is 8.99. The largest absolute Gasteiger partial charge is 0.343 e. The van der Waals surface area contributed by atoms with Gasteiger partial charge < -0.3 is 10.6 Å². The summed E-state index contributed by atoms with van der Waals surface area (Å²) < 4.78 is 0. The normalized spacial score (nSPS) is 10.2. The minimum atomic E-state index is -0.764. The summed E-state index contributed by atoms with van der Waals surface area (Å²) in [5.74, 6) is -1.55. The van der Waals surface area contributed by atoms with E-state index >= 15 is 0 Å². The van der Waals surface area contributed by atoms with Crippen molar-refractivity contribution in [1.82, 2.24) is 10.3 Å². The molecule has 8 heteroatoms. The second-order valence-corrected chi connectivity index (χ2v) is 7.07. The van der Waals surface area contributed by atoms with Crippen molar-refractivity contribution in [3.05, 3.63) is 68.8 Å². The average molecular weight is 371 g/mol. The number of aromatic nitrogens is 1. The molecule has 0 spiro atoms. The predicted molar refractivity (Wildman–Crippen MR) is 96.8 cm³/mol. The zero-order valence-corrected chi connectivity index (χ0v) is 14.5. The number of ketones is 1. The SMILES string of the molecule is O=C(NCc1ccc(C(=O)c2cccs2)s1)C(=O)Nc1cccnc1. The predicted octanol–water partition coefficient (Wildman–Crippen LogP) is 2.69. The molecule has 25 heavy (non-hydrogen) atoms. The van der Waals surface area contributed by atoms with Crippen LogP contribution in [0.3, 0.4) is 0 Å². The number of nitrogens with one attached hydrogen (secondary N) is 2. The monoisotopic (exact) mass is 371 g/mol. The molecular formula is C17H13N3O3S2. The second kappa shape index (κ2) is 7.82. The minimum absolute atomic E-state index is 0.0353. The van der Waals surface area contributed by atoms with Gasteiger partial charge in [-0.05, 0) is 35.7 Å². The molecule has 2 N–H and O–H groups in total. The Bertz CT molecular complexity index is 889. The lowest BCUT2D eigenvalue weighted by molar-refractivity contribution is -0.136. The summed E-state index contributed by atoms with van der Waals surface area (Å²) >= 11 is 2.69. The Balaban J connectivity index is 1.54. The molecule has 6 nitrogen and oxygen atoms in total. The quantitative estimate of drug-likeness (QED) is 0.533. The van der Waals surface area contributed by atoms with Crippen LogP contribution in [0.25, 0.3) is 0 Å². The van der Waals surface area contributed by atoms with Crippen LogP contribution in [0.15, 0.2) is 54.2 Å². The molecule has 0 saturated carbocycles. The fraction of sp³-hybridized carbons (Fsp3) is 0.0588. The van der Waals surface area contributed by atoms with Crippen LogP contribution in [0.1, 0.15) is 19.4 Å². The van der Waals surface area contributed by atoms with Crippen LogP contribution in [0, 0.1) is 0 Å². The molecule has 0 aliphatic heterocycles. The number of nitrogens with zero attached hydrogens (tertiary/aromatic N) is 1. The molecule has 126 valence electrons. The lowest BCUT2D eigenvalue weighted by atomic mass is 10.3. The van der Waals surface area contributed by atoms with Crippen LogP contribution in [0.4, 0.5) is 5.69 Å². The third-order valence-corrected chi connectivity index (χ3v) is 5.13. The van der Waals surface area contributed by atoms with Crippen molar-refractivity contribution in [2.24, 2.45) is 0 Å². The maximum absolute atomic E-state index is 12.2. The van der Waals surface area contributed by atoms with Crippen molar-refractivity contribution < 1.29 is 14.4 Å². The topological polar surface area (TPSA) is 88.2 Å². The van der Waals surface area contributed by atoms with Gasteiger partial charge in [0, 0.05) is 11.1 Å². The lowest BCUT2D eigenvalue weighted by Crippen LogP contribution is -2.34. The first kappa shape index (κ1) is 17.0. The highest BCUT2D eigenvalue weighted by molar-refractivity contribution is 7.16. The van der Waals surface area contributed by atoms with Gasteiger partial charge in [0.15, 0.2) is 0 Å². The molecule has 0 aliphatic carbocycles. The maximum atomic E-state index is 12.2. The van der Waals surface area contributed by atoms with Crippen molar-refractivity contribution in [1.29, 1.82) is 0 Å². The number of pyridine rings is 1. The van der Waals surface area contributed by atoms with Crippen LogP contribution in [0.2, 0.25) is 0 Å². The number of rotatable bonds is 5. The van der Waals surface area contributed by atoms with Crippen LogP contribution in [0.5, 0.6) is 0 Å². The summed E-state index contributed by atoms with van der Waals surface area (Å²) in [6, 6.07) is 10.4. The molecule has 0 unspecified atom stereocenters. The Morgan fingerprint density at radius 3 is 2.60 bits per heavy atom. The Kier molecular flexibility index (Phi) is 5.32. The standard InChI is InChI=1S/C17H13N3O3S2/c21-15(13-4-2-8-24-13)14-6-5-12(25-14)10-19-16(22)17(23)20-11-3-1-7-18-9-11/h1-9H,10H2,(H,19,22)(H,20,23). The average Bonchev–Trinajstić information content (AvgIpc) is 3.32. The van der Waals surface area contributed by atoms with Gasteiger partial charge in [0.25, 0.3) is 0 Å². The van der Waals surface area contributed by atoms with E-state index in [0.29, 0.717) is 15.4 Å². The summed E-state index contributed by atoms with van der Waals surface area (Å²) in [5.41, 5.74) is 0.447. The number of carbonyl (C=O) groups excluding carboxylic acids is 3. The van der Waals surface area contributed by atoms with Gasteiger partial charge in [-0.2, -0.15) is 0 Å². The zero-order valence-electron chi connectivity index (χ0n) is 12.9. The van der Waals surface area contributed by atoms with E-state index in [9.17, 15) is 14.4 Å². The van der Waals surface area contributed by atoms with Gasteiger partial charge in [0.2, 0.25) is 5.78 Å². The molecule has 3 rings (SSSR count). The Morgan fingerprint density at radius 1 is 1.00 bits per heavy atom. The van der Waals surface area contributed by atoms with Gasteiger partial charge >= 0.3 is 11.8 Å². The highest BCUT2D eigenvalue weighted by atomic mass is 32.1. The molecule has 3 aromatic heterocycles. The molecule has 0 saturated heterocycles. The number of thiophene rings is 2. The van der Waals surface area contributed by atoms with Gasteiger partial charge in [-0.3, -0.25) is 19.4 Å². The van der Waals surface area contributed by atoms with Gasteiger partial charge in [-0.15, -0.1) is 22.7 Å². The van der Waals surface area contributed by atoms with Crippen LogP contribution < -0.4 is 10.6 Å². The van der Waals surface area contributed by atoms with Crippen LogP contribution in [-0.2, 0) is 16.1 Å². The molecule has 3 heterocycles. The van der Waals surface area contributed by atoms with Crippen molar-refractivity contribution in [2.75, 3.05) is 5.32 Å². The van der Waals surface area contributed by atoms with E-state index in [4.69, 9.17) is 0 Å². The zero-order chi connectivity index (χ0) is 17.6. The van der Waals surface area contributed by atoms with E-state index in [1.165, 1.54) is 28.9 Å². The van der Waals surface area contributed by atoms with E-state index in [1.54, 1.807) is 36.5 Å². The first-order valence-electron chi connectivity index (χ1n) is 7.29. The van der Waals surface area contributed by atoms with E-state index in [-0.39, 0.29) is 12.3 Å². The van der Waals surface area contributed by atoms with Gasteiger partial charge in [-0.1, -0.05) is 6.07 Å². The van der Waals surface area contributed by atoms with Crippen LogP contribution in [-0.4, -0.2) is 22.6 Å². The molecular weight excluding hydrogens is 358 g/mol. The Morgan fingerprint density at radius 2 is 1.88 bits per heavy atom. The van der Waals surface area contributed by atoms with E-state index in [1.807, 2.05) is 11.4 Å². The minimum Gasteiger partial charge on any atom is -0.343 e. The third-order valence-electron chi connectivity index (χ3n) is 3.18. The lowest BCUT2D eigenvalue weighted by Gasteiger charge is -2.05. The number of hydrogen-bond acceptors (Lipinski definition) is 6. The fourth-order valence-corrected chi connectivity index (χ4v) is 3.64. The molecule has 3 aromatic rings. The highest BCUT2D eigenvalue weighted by Crippen LogP contribution is 2.22. The third kappa shape index (κ3) is 4.37. The summed E-state index contributed by atoms with van der Waals surface area (Å²) in [6.45, 7) is 0.182. The van der Waals surface area contributed by atoms with Crippen molar-refractivity contribution in [3.63, 3.8) is 0 Å². The van der Waals surface area contributed by atoms with Gasteiger partial charge in [0.1, 0.15) is 0 Å². The number of carbonyl (C=O) groups is 3. The summed E-state index contributed by atoms with van der Waals surface area (Å²) in [6.07, 6.45) is 3.02. The molecule has 2 amide bonds. The summed E-state index contributed by atoms with van der Waals surface area (Å²) in [5, 5.41) is 6.84. The molecule has 0 fully saturated rings. The van der Waals surface area contributed by atoms with Gasteiger partial charge in [0.05, 0.1) is 28.2 Å². The number of hydrogen-bond donors (Lipinski definition) is 2. The summed E-state index contributed by atoms with van der Waals surface area (Å²) in [4.78, 5) is 41.8. The first-order chi connectivity index (χ1) is 12.1. The molecule has 0 radical (unpaired) electrons. The molecule has 0 aliphatic rings. The Hall–Kier alpha value is -2.84. The number of amides is 2. The molecule has 0 bridgehead atoms. The number of anilines is 1. The smallest absolute Gasteiger partial charge is 0.313 e. The van der Waals surface area contributed by atoms with Crippen molar-refractivity contribution in [2.45, 2.75) is 6.54 Å². The summed E-state index contributed by atoms with van der Waals surface area (Å²) in [7, 11) is 0. The van der Waals surface area contributed by atoms with E-state index < -0.39 is 11.8 Å². The van der Waals surface area contributed by atoms with Gasteiger partial charge in [-0.25, -0.2) is 0 Å². The highest BCUT2D eigenvalue weighted by Gasteiger charge is 2.16. The molecule has 0 aromatic carbocycles.